The molecule has 0 unspecified atom stereocenters. The number of carbonyl (C=O) groups is 2. The number of nitrogens with zero attached hydrogens (tertiary/aromatic N) is 2. The first-order valence-corrected chi connectivity index (χ1v) is 33.6. The molecule has 0 aromatic heterocycles. The van der Waals surface area contributed by atoms with Gasteiger partial charge in [0, 0.05) is 62.5 Å². The first-order chi connectivity index (χ1) is 32.8. The van der Waals surface area contributed by atoms with Gasteiger partial charge in [0.2, 0.25) is 46.0 Å². The number of sulfone groups is 1. The van der Waals surface area contributed by atoms with Gasteiger partial charge in [-0.05, 0) is 165 Å². The van der Waals surface area contributed by atoms with Crippen molar-refractivity contribution in [2.24, 2.45) is 5.92 Å². The fraction of sp³-hybridized carbons (Fsp3) is 0.958. The van der Waals surface area contributed by atoms with Crippen molar-refractivity contribution in [3.63, 3.8) is 0 Å². The molecule has 0 spiro atoms. The summed E-state index contributed by atoms with van der Waals surface area (Å²) >= 11 is 0. The van der Waals surface area contributed by atoms with Crippen LogP contribution in [-0.2, 0) is 54.7 Å². The normalized spacial score (nSPS) is 13.4. The fourth-order valence-electron chi connectivity index (χ4n) is 2.86. The Bertz CT molecular complexity index is 1910. The summed E-state index contributed by atoms with van der Waals surface area (Å²) < 4.78 is 118. The van der Waals surface area contributed by atoms with Crippen molar-refractivity contribution in [2.75, 3.05) is 54.6 Å². The number of piperidine rings is 1. The highest BCUT2D eigenvalue weighted by molar-refractivity contribution is 7.91. The number of hydrogen-bond donors (Lipinski definition) is 7. The van der Waals surface area contributed by atoms with Crippen LogP contribution in [0.25, 0.3) is 0 Å². The molecule has 0 aliphatic carbocycles. The average Bonchev–Trinajstić information content (AvgIpc) is 3.20. The second-order valence-corrected chi connectivity index (χ2v) is 32.7. The minimum Gasteiger partial charge on any atom is -0.335 e. The summed E-state index contributed by atoms with van der Waals surface area (Å²) in [5, 5.41) is 9.50. The van der Waals surface area contributed by atoms with E-state index in [0.717, 1.165) is 12.8 Å². The Kier molecular flexibility index (Phi) is 55.5. The van der Waals surface area contributed by atoms with Crippen LogP contribution in [-0.4, -0.2) is 180 Å². The summed E-state index contributed by atoms with van der Waals surface area (Å²) in [6.07, 6.45) is 3.25. The van der Waals surface area contributed by atoms with E-state index in [9.17, 15) is 51.7 Å². The van der Waals surface area contributed by atoms with Gasteiger partial charge in [0.25, 0.3) is 0 Å². The average molecular weight is 1170 g/mol. The highest BCUT2D eigenvalue weighted by Crippen LogP contribution is 2.20. The Morgan fingerprint density at radius 3 is 0.892 bits per heavy atom. The molecule has 0 radical (unpaired) electrons. The molecule has 0 bridgehead atoms. The van der Waals surface area contributed by atoms with Gasteiger partial charge in [-0.3, -0.25) is 9.52 Å². The van der Waals surface area contributed by atoms with Gasteiger partial charge >= 0.3 is 6.03 Å². The lowest BCUT2D eigenvalue weighted by Crippen LogP contribution is -2.44. The molecule has 456 valence electrons. The smallest absolute Gasteiger partial charge is 0.328 e. The van der Waals surface area contributed by atoms with Crippen LogP contribution >= 0.6 is 0 Å². The van der Waals surface area contributed by atoms with E-state index in [4.69, 9.17) is 0 Å². The third kappa shape index (κ3) is 62.8. The third-order valence-electron chi connectivity index (χ3n) is 9.52. The largest absolute Gasteiger partial charge is 0.335 e. The number of carbonyl (C=O) groups excluding carboxylic acids is 2. The van der Waals surface area contributed by atoms with Crippen LogP contribution in [0.2, 0.25) is 0 Å². The van der Waals surface area contributed by atoms with Crippen LogP contribution in [0.3, 0.4) is 0 Å². The zero-order valence-corrected chi connectivity index (χ0v) is 56.2. The van der Waals surface area contributed by atoms with Gasteiger partial charge < -0.3 is 26.2 Å². The van der Waals surface area contributed by atoms with E-state index in [1.54, 1.807) is 73.5 Å². The summed E-state index contributed by atoms with van der Waals surface area (Å²) in [4.78, 5) is 23.4. The van der Waals surface area contributed by atoms with Gasteiger partial charge in [0.15, 0.2) is 0 Å². The summed E-state index contributed by atoms with van der Waals surface area (Å²) in [6.45, 7) is 45.0. The molecule has 1 rings (SSSR count). The van der Waals surface area contributed by atoms with E-state index in [1.165, 1.54) is 40.9 Å². The van der Waals surface area contributed by atoms with Gasteiger partial charge in [0.05, 0.1) is 26.2 Å². The molecule has 21 nitrogen and oxygen atoms in total. The van der Waals surface area contributed by atoms with Crippen molar-refractivity contribution in [1.82, 2.24) is 44.6 Å². The maximum atomic E-state index is 11.7. The van der Waals surface area contributed by atoms with Crippen molar-refractivity contribution < 1.29 is 51.7 Å². The first-order valence-electron chi connectivity index (χ1n) is 25.5. The summed E-state index contributed by atoms with van der Waals surface area (Å²) in [5.41, 5.74) is 0. The Morgan fingerprint density at radius 2 is 0.743 bits per heavy atom. The first kappa shape index (κ1) is 88.9. The molecule has 74 heavy (non-hydrogen) atoms. The van der Waals surface area contributed by atoms with Gasteiger partial charge in [-0.15, -0.1) is 0 Å². The molecule has 0 atom stereocenters. The predicted octanol–water partition coefficient (Wildman–Crippen LogP) is 5.71. The molecule has 1 fully saturated rings. The van der Waals surface area contributed by atoms with Gasteiger partial charge in [0.1, 0.15) is 9.84 Å². The minimum atomic E-state index is -3.51. The second-order valence-electron chi connectivity index (χ2n) is 20.9. The lowest BCUT2D eigenvalue weighted by atomic mass is 10.0. The van der Waals surface area contributed by atoms with Gasteiger partial charge in [-0.2, -0.15) is 0 Å². The van der Waals surface area contributed by atoms with Crippen molar-refractivity contribution in [3.05, 3.63) is 0 Å². The zero-order valence-electron chi connectivity index (χ0n) is 52.1. The molecule has 26 heteroatoms. The number of hydrogen-bond acceptors (Lipinski definition) is 16. The molecular weight excluding hydrogens is 1050 g/mol. The standard InChI is InChI=1S/C9H19NO2S.C7H16N2O3S.C6H15NO2S.C5H11NO3S.C5H13N.3C4H11N.C4H10O2S/c1-8(2)13(11,12)10-6-4-9(3)5-7-10;1-5(2)8-7(10)9-13(11,12)6(3)4;1-5(2)7-10(8,9)6(3)4;1-4(2)10(8,9)6-5(3)7;1-5(2)6(3)4;3*1-4(2)5-3;1-4(2)7(3,5)6/h8-9H,4-7H2,1-3H3;5-6H,1-4H3,(H2,8,9,10);5-7H,1-4H3;4H,1-3H3,(H,6,7);5H,1-4H3;3*4-5H,1-3H3;4H,1-3H3. The van der Waals surface area contributed by atoms with Crippen molar-refractivity contribution in [2.45, 2.75) is 242 Å². The summed E-state index contributed by atoms with van der Waals surface area (Å²) in [7, 11) is -5.68. The maximum Gasteiger partial charge on any atom is 0.328 e. The molecule has 3 amide bonds. The van der Waals surface area contributed by atoms with Crippen LogP contribution in [0.1, 0.15) is 179 Å². The summed E-state index contributed by atoms with van der Waals surface area (Å²) in [6, 6.07) is 1.82. The molecule has 0 saturated carbocycles. The van der Waals surface area contributed by atoms with Crippen molar-refractivity contribution in [1.29, 1.82) is 0 Å². The number of sulfonamides is 4. The highest BCUT2D eigenvalue weighted by atomic mass is 32.2. The second kappa shape index (κ2) is 46.2. The molecule has 7 N–H and O–H groups in total. The number of rotatable bonds is 15. The van der Waals surface area contributed by atoms with Crippen LogP contribution in [0.15, 0.2) is 0 Å². The Morgan fingerprint density at radius 1 is 0.473 bits per heavy atom. The SMILES string of the molecule is CC(=O)NS(=O)(=O)C(C)C.CC(C)N(C)C.CC(C)NC(=O)NS(=O)(=O)C(C)C.CC(C)NS(=O)(=O)C(C)C.CC(C)S(C)(=O)=O.CC1CCN(S(=O)(=O)C(C)C)CC1.CNC(C)C.CNC(C)C.CNC(C)C. The molecule has 0 aromatic carbocycles. The van der Waals surface area contributed by atoms with E-state index in [2.05, 4.69) is 107 Å². The number of urea groups is 1. The van der Waals surface area contributed by atoms with Crippen molar-refractivity contribution >= 4 is 61.9 Å². The topological polar surface area (TPSA) is 296 Å². The molecule has 1 aliphatic heterocycles. The lowest BCUT2D eigenvalue weighted by molar-refractivity contribution is -0.117. The van der Waals surface area contributed by atoms with Crippen LogP contribution in [0, 0.1) is 5.92 Å². The monoisotopic (exact) mass is 1170 g/mol. The maximum absolute atomic E-state index is 11.7. The number of nitrogens with one attached hydrogen (secondary N) is 7. The van der Waals surface area contributed by atoms with Gasteiger partial charge in [-0.1, -0.05) is 48.5 Å². The predicted molar refractivity (Wildman–Crippen MR) is 316 cm³/mol. The third-order valence-corrected chi connectivity index (χ3v) is 19.1. The molecule has 0 aromatic rings. The molecular formula is C48H117N9O12S5. The fourth-order valence-corrected chi connectivity index (χ4v) is 6.29. The van der Waals surface area contributed by atoms with E-state index in [-0.39, 0.29) is 27.8 Å². The van der Waals surface area contributed by atoms with E-state index in [0.29, 0.717) is 43.2 Å². The molecule has 1 aliphatic rings. The Labute approximate surface area is 457 Å². The molecule has 1 heterocycles. The highest BCUT2D eigenvalue weighted by Gasteiger charge is 2.28. The quantitative estimate of drug-likeness (QED) is 0.103. The van der Waals surface area contributed by atoms with Crippen molar-refractivity contribution in [3.8, 4) is 0 Å². The summed E-state index contributed by atoms with van der Waals surface area (Å²) in [5.74, 6) is 0.132. The van der Waals surface area contributed by atoms with Gasteiger partial charge in [-0.25, -0.2) is 60.6 Å². The van der Waals surface area contributed by atoms with Crippen LogP contribution < -0.4 is 35.4 Å². The molecule has 1 saturated heterocycles. The lowest BCUT2D eigenvalue weighted by Gasteiger charge is -2.30. The Hall–Kier alpha value is -1.75. The minimum absolute atomic E-state index is 0.00704. The van der Waals surface area contributed by atoms with Crippen LogP contribution in [0.4, 0.5) is 4.79 Å². The number of amides is 3. The Balaban J connectivity index is -0.000000113. The van der Waals surface area contributed by atoms with E-state index >= 15 is 0 Å². The zero-order chi connectivity index (χ0) is 61.5. The van der Waals surface area contributed by atoms with Crippen LogP contribution in [0.5, 0.6) is 0 Å². The van der Waals surface area contributed by atoms with E-state index in [1.807, 2.05) is 30.6 Å². The van der Waals surface area contributed by atoms with E-state index < -0.39 is 72.4 Å².